The molecule has 1 unspecified atom stereocenters. The Kier molecular flexibility index (Phi) is 4.23. The molecule has 0 nitrogen and oxygen atoms in total. The molecule has 0 saturated carbocycles. The van der Waals surface area contributed by atoms with Gasteiger partial charge in [-0.25, -0.2) is 0 Å². The molecule has 0 aliphatic heterocycles. The van der Waals surface area contributed by atoms with E-state index in [4.69, 9.17) is 0 Å². The van der Waals surface area contributed by atoms with Gasteiger partial charge in [-0.2, -0.15) is 13.2 Å². The summed E-state index contributed by atoms with van der Waals surface area (Å²) in [5, 5.41) is 0. The molecule has 3 heteroatoms. The first kappa shape index (κ1) is 14.1. The summed E-state index contributed by atoms with van der Waals surface area (Å²) < 4.78 is 37.0. The Labute approximate surface area is 101 Å². The molecule has 0 amide bonds. The van der Waals surface area contributed by atoms with Crippen molar-refractivity contribution in [2.75, 3.05) is 0 Å². The molecule has 0 fully saturated rings. The van der Waals surface area contributed by atoms with E-state index in [0.29, 0.717) is 0 Å². The zero-order chi connectivity index (χ0) is 13.1. The summed E-state index contributed by atoms with van der Waals surface area (Å²) in [6.45, 7) is 5.96. The third kappa shape index (κ3) is 4.80. The summed E-state index contributed by atoms with van der Waals surface area (Å²) >= 11 is 0. The quantitative estimate of drug-likeness (QED) is 0.689. The lowest BCUT2D eigenvalue weighted by molar-refractivity contribution is -0.137. The van der Waals surface area contributed by atoms with Gasteiger partial charge in [-0.15, -0.1) is 0 Å². The average molecular weight is 244 g/mol. The first-order chi connectivity index (χ1) is 7.70. The molecule has 0 radical (unpaired) electrons. The van der Waals surface area contributed by atoms with Crippen molar-refractivity contribution in [1.29, 1.82) is 0 Å². The van der Waals surface area contributed by atoms with Gasteiger partial charge in [-0.05, 0) is 23.3 Å². The fourth-order valence-electron chi connectivity index (χ4n) is 2.09. The molecule has 0 spiro atoms. The lowest BCUT2D eigenvalue weighted by atomic mass is 9.74. The highest BCUT2D eigenvalue weighted by atomic mass is 19.4. The Morgan fingerprint density at radius 2 is 1.53 bits per heavy atom. The van der Waals surface area contributed by atoms with Gasteiger partial charge in [-0.3, -0.25) is 0 Å². The standard InChI is InChI=1S/C14H19F3/c1-13(2,3)12(9-10-14(15,16)17)11-7-5-4-6-8-11/h4-8,12H,9-10H2,1-3H3. The summed E-state index contributed by atoms with van der Waals surface area (Å²) in [5.41, 5.74) is 0.830. The van der Waals surface area contributed by atoms with Gasteiger partial charge < -0.3 is 0 Å². The minimum absolute atomic E-state index is 0.0645. The maximum absolute atomic E-state index is 12.3. The average Bonchev–Trinajstić information content (AvgIpc) is 2.15. The van der Waals surface area contributed by atoms with Crippen LogP contribution in [0.1, 0.15) is 45.1 Å². The number of benzene rings is 1. The van der Waals surface area contributed by atoms with Crippen LogP contribution in [-0.2, 0) is 0 Å². The molecule has 0 saturated heterocycles. The molecule has 0 bridgehead atoms. The molecular formula is C14H19F3. The van der Waals surface area contributed by atoms with E-state index >= 15 is 0 Å². The second kappa shape index (κ2) is 5.11. The summed E-state index contributed by atoms with van der Waals surface area (Å²) in [6, 6.07) is 9.45. The number of rotatable bonds is 3. The van der Waals surface area contributed by atoms with Crippen molar-refractivity contribution < 1.29 is 13.2 Å². The summed E-state index contributed by atoms with van der Waals surface area (Å²) in [4.78, 5) is 0. The van der Waals surface area contributed by atoms with Crippen molar-refractivity contribution in [3.63, 3.8) is 0 Å². The summed E-state index contributed by atoms with van der Waals surface area (Å²) in [7, 11) is 0. The first-order valence-electron chi connectivity index (χ1n) is 5.82. The zero-order valence-electron chi connectivity index (χ0n) is 10.5. The molecule has 17 heavy (non-hydrogen) atoms. The third-order valence-electron chi connectivity index (χ3n) is 2.96. The topological polar surface area (TPSA) is 0 Å². The second-order valence-electron chi connectivity index (χ2n) is 5.48. The summed E-state index contributed by atoms with van der Waals surface area (Å²) in [6.07, 6.45) is -4.64. The Balaban J connectivity index is 2.83. The minimum atomic E-state index is -4.07. The fourth-order valence-corrected chi connectivity index (χ4v) is 2.09. The number of alkyl halides is 3. The molecule has 1 rings (SSSR count). The maximum atomic E-state index is 12.3. The van der Waals surface area contributed by atoms with Crippen LogP contribution >= 0.6 is 0 Å². The minimum Gasteiger partial charge on any atom is -0.171 e. The molecule has 0 aromatic heterocycles. The molecule has 0 aliphatic rings. The number of hydrogen-bond acceptors (Lipinski definition) is 0. The fraction of sp³-hybridized carbons (Fsp3) is 0.571. The SMILES string of the molecule is CC(C)(C)C(CCC(F)(F)F)c1ccccc1. The Hall–Kier alpha value is -0.990. The van der Waals surface area contributed by atoms with Crippen molar-refractivity contribution in [3.05, 3.63) is 35.9 Å². The lowest BCUT2D eigenvalue weighted by Gasteiger charge is -2.31. The molecular weight excluding hydrogens is 225 g/mol. The number of hydrogen-bond donors (Lipinski definition) is 0. The Morgan fingerprint density at radius 1 is 1.00 bits per heavy atom. The van der Waals surface area contributed by atoms with Crippen LogP contribution in [0.3, 0.4) is 0 Å². The van der Waals surface area contributed by atoms with Crippen molar-refractivity contribution in [1.82, 2.24) is 0 Å². The van der Waals surface area contributed by atoms with Crippen LogP contribution < -0.4 is 0 Å². The Bertz CT molecular complexity index is 333. The third-order valence-corrected chi connectivity index (χ3v) is 2.96. The van der Waals surface area contributed by atoms with Gasteiger partial charge in [0.2, 0.25) is 0 Å². The van der Waals surface area contributed by atoms with Gasteiger partial charge >= 0.3 is 6.18 Å². The predicted octanol–water partition coefficient (Wildman–Crippen LogP) is 5.16. The van der Waals surface area contributed by atoms with Gasteiger partial charge in [0.05, 0.1) is 0 Å². The van der Waals surface area contributed by atoms with E-state index in [1.807, 2.05) is 51.1 Å². The lowest BCUT2D eigenvalue weighted by Crippen LogP contribution is -2.21. The van der Waals surface area contributed by atoms with Crippen LogP contribution in [-0.4, -0.2) is 6.18 Å². The van der Waals surface area contributed by atoms with Crippen molar-refractivity contribution in [3.8, 4) is 0 Å². The molecule has 96 valence electrons. The van der Waals surface area contributed by atoms with E-state index in [2.05, 4.69) is 0 Å². The molecule has 1 aromatic rings. The molecule has 0 aliphatic carbocycles. The highest BCUT2D eigenvalue weighted by molar-refractivity contribution is 5.21. The second-order valence-corrected chi connectivity index (χ2v) is 5.48. The van der Waals surface area contributed by atoms with Gasteiger partial charge in [0.15, 0.2) is 0 Å². The maximum Gasteiger partial charge on any atom is 0.389 e. The van der Waals surface area contributed by atoms with Crippen molar-refractivity contribution in [2.24, 2.45) is 5.41 Å². The first-order valence-corrected chi connectivity index (χ1v) is 5.82. The highest BCUT2D eigenvalue weighted by Crippen LogP contribution is 2.40. The van der Waals surface area contributed by atoms with Gasteiger partial charge in [0.1, 0.15) is 0 Å². The van der Waals surface area contributed by atoms with Crippen molar-refractivity contribution in [2.45, 2.75) is 45.7 Å². The smallest absolute Gasteiger partial charge is 0.171 e. The van der Waals surface area contributed by atoms with E-state index < -0.39 is 12.6 Å². The van der Waals surface area contributed by atoms with Crippen LogP contribution in [0.4, 0.5) is 13.2 Å². The van der Waals surface area contributed by atoms with Crippen LogP contribution in [0.15, 0.2) is 30.3 Å². The molecule has 0 heterocycles. The molecule has 1 atom stereocenters. The molecule has 1 aromatic carbocycles. The van der Waals surface area contributed by atoms with E-state index in [0.717, 1.165) is 5.56 Å². The van der Waals surface area contributed by atoms with E-state index in [1.165, 1.54) is 0 Å². The van der Waals surface area contributed by atoms with Crippen LogP contribution in [0, 0.1) is 5.41 Å². The molecule has 0 N–H and O–H groups in total. The van der Waals surface area contributed by atoms with Gasteiger partial charge in [0, 0.05) is 6.42 Å². The van der Waals surface area contributed by atoms with E-state index in [1.54, 1.807) is 0 Å². The zero-order valence-corrected chi connectivity index (χ0v) is 10.5. The predicted molar refractivity (Wildman–Crippen MR) is 63.9 cm³/mol. The Morgan fingerprint density at radius 3 is 1.94 bits per heavy atom. The largest absolute Gasteiger partial charge is 0.389 e. The summed E-state index contributed by atoms with van der Waals surface area (Å²) in [5.74, 6) is -0.0645. The number of halogens is 3. The van der Waals surface area contributed by atoms with E-state index in [-0.39, 0.29) is 17.8 Å². The van der Waals surface area contributed by atoms with E-state index in [9.17, 15) is 13.2 Å². The van der Waals surface area contributed by atoms with Crippen LogP contribution in [0.25, 0.3) is 0 Å². The van der Waals surface area contributed by atoms with Crippen LogP contribution in [0.2, 0.25) is 0 Å². The highest BCUT2D eigenvalue weighted by Gasteiger charge is 2.33. The van der Waals surface area contributed by atoms with Crippen LogP contribution in [0.5, 0.6) is 0 Å². The normalized spacial score (nSPS) is 14.7. The monoisotopic (exact) mass is 244 g/mol. The van der Waals surface area contributed by atoms with Crippen molar-refractivity contribution >= 4 is 0 Å². The van der Waals surface area contributed by atoms with Gasteiger partial charge in [0.25, 0.3) is 0 Å². The van der Waals surface area contributed by atoms with Gasteiger partial charge in [-0.1, -0.05) is 51.1 Å².